The molecule has 0 spiro atoms. The molecule has 0 fully saturated rings. The molecule has 2 rings (SSSR count). The van der Waals surface area contributed by atoms with Crippen molar-refractivity contribution >= 4 is 5.84 Å². The Morgan fingerprint density at radius 3 is 3.07 bits per heavy atom. The minimum atomic E-state index is 1.09. The van der Waals surface area contributed by atoms with Gasteiger partial charge in [-0.1, -0.05) is 13.0 Å². The third-order valence-corrected chi connectivity index (χ3v) is 2.66. The maximum atomic E-state index is 4.37. The van der Waals surface area contributed by atoms with E-state index in [1.165, 1.54) is 11.3 Å². The molecule has 0 radical (unpaired) electrons. The Bertz CT molecular complexity index is 383. The second kappa shape index (κ2) is 3.82. The van der Waals surface area contributed by atoms with E-state index in [9.17, 15) is 0 Å². The van der Waals surface area contributed by atoms with E-state index in [2.05, 4.69) is 40.9 Å². The Kier molecular flexibility index (Phi) is 2.53. The van der Waals surface area contributed by atoms with Crippen LogP contribution in [0.5, 0.6) is 0 Å². The van der Waals surface area contributed by atoms with Gasteiger partial charge in [0.2, 0.25) is 0 Å². The van der Waals surface area contributed by atoms with Crippen molar-refractivity contribution in [3.63, 3.8) is 0 Å². The summed E-state index contributed by atoms with van der Waals surface area (Å²) < 4.78 is 2.20. The van der Waals surface area contributed by atoms with Gasteiger partial charge in [-0.3, -0.25) is 4.99 Å². The van der Waals surface area contributed by atoms with Crippen molar-refractivity contribution in [2.75, 3.05) is 7.05 Å². The second-order valence-corrected chi connectivity index (χ2v) is 3.55. The highest BCUT2D eigenvalue weighted by Crippen LogP contribution is 2.20. The van der Waals surface area contributed by atoms with Crippen molar-refractivity contribution in [3.05, 3.63) is 35.7 Å². The summed E-state index contributed by atoms with van der Waals surface area (Å²) in [4.78, 5) is 4.37. The van der Waals surface area contributed by atoms with Crippen LogP contribution >= 0.6 is 0 Å². The standard InChI is InChI=1S/C12H16N2/c1-3-5-10-7-8-11-6-4-9-14(11)12(10)13-2/h4-6,9H,3,7-8H2,1-2H3. The monoisotopic (exact) mass is 188 g/mol. The maximum Gasteiger partial charge on any atom is 0.134 e. The van der Waals surface area contributed by atoms with E-state index < -0.39 is 0 Å². The van der Waals surface area contributed by atoms with Gasteiger partial charge in [-0.05, 0) is 37.0 Å². The number of rotatable bonds is 1. The van der Waals surface area contributed by atoms with Crippen molar-refractivity contribution in [2.45, 2.75) is 26.2 Å². The number of hydrogen-bond acceptors (Lipinski definition) is 1. The third kappa shape index (κ3) is 1.41. The van der Waals surface area contributed by atoms with Gasteiger partial charge in [0, 0.05) is 18.9 Å². The molecule has 0 aliphatic carbocycles. The van der Waals surface area contributed by atoms with Gasteiger partial charge in [0.15, 0.2) is 0 Å². The fourth-order valence-electron chi connectivity index (χ4n) is 2.05. The molecule has 0 unspecified atom stereocenters. The van der Waals surface area contributed by atoms with Crippen LogP contribution in [0.1, 0.15) is 25.5 Å². The third-order valence-electron chi connectivity index (χ3n) is 2.66. The Balaban J connectivity index is 2.45. The molecule has 74 valence electrons. The molecule has 0 atom stereocenters. The predicted octanol–water partition coefficient (Wildman–Crippen LogP) is 2.65. The molecule has 2 nitrogen and oxygen atoms in total. The van der Waals surface area contributed by atoms with Gasteiger partial charge in [0.25, 0.3) is 0 Å². The molecule has 0 N–H and O–H groups in total. The molecular formula is C12H16N2. The van der Waals surface area contributed by atoms with Crippen LogP contribution in [0.25, 0.3) is 0 Å². The number of aliphatic imine (C=N–C) groups is 1. The van der Waals surface area contributed by atoms with Gasteiger partial charge >= 0.3 is 0 Å². The van der Waals surface area contributed by atoms with Crippen molar-refractivity contribution in [3.8, 4) is 0 Å². The first-order chi connectivity index (χ1) is 6.86. The van der Waals surface area contributed by atoms with Crippen LogP contribution < -0.4 is 0 Å². The van der Waals surface area contributed by atoms with Crippen LogP contribution in [0.15, 0.2) is 35.0 Å². The molecule has 0 aromatic carbocycles. The zero-order valence-corrected chi connectivity index (χ0v) is 8.83. The molecule has 0 bridgehead atoms. The highest BCUT2D eigenvalue weighted by molar-refractivity contribution is 6.01. The van der Waals surface area contributed by atoms with Gasteiger partial charge in [0.1, 0.15) is 5.84 Å². The molecule has 2 heterocycles. The molecule has 0 amide bonds. The predicted molar refractivity (Wildman–Crippen MR) is 59.9 cm³/mol. The lowest BCUT2D eigenvalue weighted by molar-refractivity contribution is 0.839. The lowest BCUT2D eigenvalue weighted by Gasteiger charge is -2.20. The fourth-order valence-corrected chi connectivity index (χ4v) is 2.05. The largest absolute Gasteiger partial charge is 0.306 e. The zero-order chi connectivity index (χ0) is 9.97. The summed E-state index contributed by atoms with van der Waals surface area (Å²) in [6, 6.07) is 4.27. The molecule has 0 saturated carbocycles. The van der Waals surface area contributed by atoms with Gasteiger partial charge in [-0.25, -0.2) is 0 Å². The van der Waals surface area contributed by atoms with Crippen molar-refractivity contribution in [1.29, 1.82) is 0 Å². The molecule has 0 saturated heterocycles. The molecule has 1 aromatic rings. The van der Waals surface area contributed by atoms with Gasteiger partial charge < -0.3 is 4.57 Å². The number of allylic oxidation sites excluding steroid dienone is 2. The number of hydrogen-bond donors (Lipinski definition) is 0. The van der Waals surface area contributed by atoms with E-state index in [0.717, 1.165) is 25.1 Å². The lowest BCUT2D eigenvalue weighted by atomic mass is 10.0. The first kappa shape index (κ1) is 9.25. The van der Waals surface area contributed by atoms with Crippen LogP contribution in [0.4, 0.5) is 0 Å². The lowest BCUT2D eigenvalue weighted by Crippen LogP contribution is -2.22. The van der Waals surface area contributed by atoms with Crippen LogP contribution in [0, 0.1) is 0 Å². The van der Waals surface area contributed by atoms with E-state index in [1.807, 2.05) is 7.05 Å². The Hall–Kier alpha value is -1.31. The first-order valence-corrected chi connectivity index (χ1v) is 5.19. The van der Waals surface area contributed by atoms with E-state index >= 15 is 0 Å². The molecule has 1 aliphatic rings. The second-order valence-electron chi connectivity index (χ2n) is 3.55. The van der Waals surface area contributed by atoms with Crippen LogP contribution in [-0.4, -0.2) is 17.5 Å². The minimum Gasteiger partial charge on any atom is -0.306 e. The summed E-state index contributed by atoms with van der Waals surface area (Å²) >= 11 is 0. The highest BCUT2D eigenvalue weighted by atomic mass is 15.1. The molecular weight excluding hydrogens is 172 g/mol. The van der Waals surface area contributed by atoms with Gasteiger partial charge in [-0.2, -0.15) is 0 Å². The summed E-state index contributed by atoms with van der Waals surface area (Å²) in [5, 5.41) is 0. The van der Waals surface area contributed by atoms with E-state index in [1.54, 1.807) is 0 Å². The average Bonchev–Trinajstić information content (AvgIpc) is 2.66. The summed E-state index contributed by atoms with van der Waals surface area (Å²) in [7, 11) is 1.87. The van der Waals surface area contributed by atoms with Crippen LogP contribution in [0.2, 0.25) is 0 Å². The van der Waals surface area contributed by atoms with Crippen LogP contribution in [0.3, 0.4) is 0 Å². The molecule has 1 aliphatic heterocycles. The van der Waals surface area contributed by atoms with Crippen molar-refractivity contribution < 1.29 is 0 Å². The van der Waals surface area contributed by atoms with Gasteiger partial charge in [-0.15, -0.1) is 0 Å². The summed E-state index contributed by atoms with van der Waals surface area (Å²) in [6.07, 6.45) is 7.74. The zero-order valence-electron chi connectivity index (χ0n) is 8.83. The molecule has 14 heavy (non-hydrogen) atoms. The minimum absolute atomic E-state index is 1.09. The SMILES string of the molecule is CCC=C1CCc2cccn2C1=NC. The summed E-state index contributed by atoms with van der Waals surface area (Å²) in [6.45, 7) is 2.17. The Labute approximate surface area is 85.0 Å². The maximum absolute atomic E-state index is 4.37. The average molecular weight is 188 g/mol. The fraction of sp³-hybridized carbons (Fsp3) is 0.417. The topological polar surface area (TPSA) is 17.3 Å². The highest BCUT2D eigenvalue weighted by Gasteiger charge is 2.17. The first-order valence-electron chi connectivity index (χ1n) is 5.19. The number of fused-ring (bicyclic) bond motifs is 1. The number of aromatic nitrogens is 1. The molecule has 2 heteroatoms. The smallest absolute Gasteiger partial charge is 0.134 e. The quantitative estimate of drug-likeness (QED) is 0.644. The normalized spacial score (nSPS) is 21.6. The van der Waals surface area contributed by atoms with Crippen molar-refractivity contribution in [2.24, 2.45) is 4.99 Å². The summed E-state index contributed by atoms with van der Waals surface area (Å²) in [5.74, 6) is 1.12. The Morgan fingerprint density at radius 1 is 1.50 bits per heavy atom. The molecule has 1 aromatic heterocycles. The van der Waals surface area contributed by atoms with E-state index in [-0.39, 0.29) is 0 Å². The van der Waals surface area contributed by atoms with Crippen molar-refractivity contribution in [1.82, 2.24) is 4.57 Å². The van der Waals surface area contributed by atoms with Gasteiger partial charge in [0.05, 0.1) is 0 Å². The van der Waals surface area contributed by atoms with E-state index in [4.69, 9.17) is 0 Å². The van der Waals surface area contributed by atoms with E-state index in [0.29, 0.717) is 0 Å². The summed E-state index contributed by atoms with van der Waals surface area (Å²) in [5.41, 5.74) is 2.76. The number of aryl methyl sites for hydroxylation is 1. The van der Waals surface area contributed by atoms with Crippen LogP contribution in [-0.2, 0) is 6.42 Å². The number of nitrogens with zero attached hydrogens (tertiary/aromatic N) is 2. The Morgan fingerprint density at radius 2 is 2.36 bits per heavy atom.